The van der Waals surface area contributed by atoms with E-state index in [9.17, 15) is 0 Å². The van der Waals surface area contributed by atoms with Crippen LogP contribution >= 0.6 is 0 Å². The third-order valence-corrected chi connectivity index (χ3v) is 12.8. The van der Waals surface area contributed by atoms with Crippen molar-refractivity contribution in [2.75, 3.05) is 9.80 Å². The lowest BCUT2D eigenvalue weighted by Gasteiger charge is -2.41. The van der Waals surface area contributed by atoms with Crippen LogP contribution in [-0.4, -0.2) is 0 Å². The fourth-order valence-corrected chi connectivity index (χ4v) is 10.1. The van der Waals surface area contributed by atoms with Crippen molar-refractivity contribution in [3.8, 4) is 0 Å². The zero-order chi connectivity index (χ0) is 37.5. The van der Waals surface area contributed by atoms with Gasteiger partial charge in [0.1, 0.15) is 11.2 Å². The third-order valence-electron chi connectivity index (χ3n) is 12.8. The first-order valence-electron chi connectivity index (χ1n) is 19.5. The molecule has 268 valence electrons. The first-order chi connectivity index (χ1) is 27.3. The van der Waals surface area contributed by atoms with Crippen LogP contribution < -0.4 is 9.80 Å². The highest BCUT2D eigenvalue weighted by molar-refractivity contribution is 6.29. The molecule has 56 heavy (non-hydrogen) atoms. The quantitative estimate of drug-likeness (QED) is 0.178. The summed E-state index contributed by atoms with van der Waals surface area (Å²) in [5.41, 5.74) is 15.0. The van der Waals surface area contributed by atoms with Gasteiger partial charge in [-0.1, -0.05) is 125 Å². The van der Waals surface area contributed by atoms with Crippen LogP contribution in [0.1, 0.15) is 49.9 Å². The first kappa shape index (κ1) is 31.6. The maximum absolute atomic E-state index is 7.02. The van der Waals surface area contributed by atoms with E-state index >= 15 is 0 Å². The normalized spacial score (nSPS) is 15.4. The molecule has 0 N–H and O–H groups in total. The molecule has 4 heterocycles. The Hall–Kier alpha value is -6.78. The predicted molar refractivity (Wildman–Crippen MR) is 232 cm³/mol. The molecule has 0 saturated carbocycles. The summed E-state index contributed by atoms with van der Waals surface area (Å²) >= 11 is 0. The van der Waals surface area contributed by atoms with E-state index in [1.807, 2.05) is 0 Å². The van der Waals surface area contributed by atoms with Crippen molar-refractivity contribution in [3.63, 3.8) is 0 Å². The molecule has 0 spiro atoms. The molecule has 4 nitrogen and oxygen atoms in total. The second kappa shape index (κ2) is 10.9. The minimum atomic E-state index is -0.226. The van der Waals surface area contributed by atoms with Gasteiger partial charge in [-0.25, -0.2) is 0 Å². The summed E-state index contributed by atoms with van der Waals surface area (Å²) < 4.78 is 14.0. The van der Waals surface area contributed by atoms with Gasteiger partial charge in [-0.15, -0.1) is 0 Å². The van der Waals surface area contributed by atoms with E-state index < -0.39 is 0 Å². The molecule has 4 heteroatoms. The van der Waals surface area contributed by atoms with E-state index in [2.05, 4.69) is 195 Å². The molecule has 0 unspecified atom stereocenters. The van der Waals surface area contributed by atoms with E-state index in [0.717, 1.165) is 77.4 Å². The zero-order valence-electron chi connectivity index (χ0n) is 31.7. The highest BCUT2D eigenvalue weighted by Crippen LogP contribution is 2.57. The maximum atomic E-state index is 7.02. The average Bonchev–Trinajstić information content (AvgIpc) is 3.81. The molecule has 0 fully saturated rings. The van der Waals surface area contributed by atoms with Crippen LogP contribution in [-0.2, 0) is 10.8 Å². The highest BCUT2D eigenvalue weighted by Gasteiger charge is 2.41. The number of hydrogen-bond donors (Lipinski definition) is 0. The summed E-state index contributed by atoms with van der Waals surface area (Å²) in [4.78, 5) is 4.79. The third kappa shape index (κ3) is 3.98. The predicted octanol–water partition coefficient (Wildman–Crippen LogP) is 14.9. The number of nitrogens with zero attached hydrogens (tertiary/aromatic N) is 2. The van der Waals surface area contributed by atoms with Crippen LogP contribution in [0.5, 0.6) is 0 Å². The largest absolute Gasteiger partial charge is 0.454 e. The molecule has 8 aromatic carbocycles. The molecule has 0 atom stereocenters. The minimum absolute atomic E-state index is 0.226. The van der Waals surface area contributed by atoms with Crippen LogP contribution in [0.4, 0.5) is 34.1 Å². The van der Waals surface area contributed by atoms with Gasteiger partial charge in [-0.3, -0.25) is 0 Å². The topological polar surface area (TPSA) is 32.8 Å². The Kier molecular flexibility index (Phi) is 6.15. The van der Waals surface area contributed by atoms with Crippen LogP contribution in [0.15, 0.2) is 167 Å². The maximum Gasteiger partial charge on any atom is 0.159 e. The van der Waals surface area contributed by atoms with Gasteiger partial charge >= 0.3 is 0 Å². The van der Waals surface area contributed by atoms with Crippen molar-refractivity contribution < 1.29 is 8.83 Å². The molecule has 2 aromatic heterocycles. The molecule has 12 rings (SSSR count). The summed E-state index contributed by atoms with van der Waals surface area (Å²) in [6.45, 7) is 9.31. The number of furan rings is 2. The molecular formula is C52H38N2O2. The Bertz CT molecular complexity index is 3040. The van der Waals surface area contributed by atoms with Crippen molar-refractivity contribution in [2.24, 2.45) is 0 Å². The highest BCUT2D eigenvalue weighted by atomic mass is 16.3. The summed E-state index contributed by atoms with van der Waals surface area (Å²) in [5, 5.41) is 6.78. The van der Waals surface area contributed by atoms with Gasteiger partial charge in [0.05, 0.1) is 22.7 Å². The molecule has 0 bridgehead atoms. The lowest BCUT2D eigenvalue weighted by molar-refractivity contribution is 0.623. The Labute approximate surface area is 324 Å². The fraction of sp³-hybridized carbons (Fsp3) is 0.115. The second-order valence-corrected chi connectivity index (χ2v) is 16.5. The Morgan fingerprint density at radius 1 is 0.357 bits per heavy atom. The van der Waals surface area contributed by atoms with Gasteiger partial charge < -0.3 is 18.6 Å². The Morgan fingerprint density at radius 3 is 1.16 bits per heavy atom. The van der Waals surface area contributed by atoms with E-state index in [0.29, 0.717) is 0 Å². The molecule has 0 amide bonds. The number of hydrogen-bond acceptors (Lipinski definition) is 4. The Balaban J connectivity index is 1.14. The smallest absolute Gasteiger partial charge is 0.159 e. The zero-order valence-corrected chi connectivity index (χ0v) is 31.7. The van der Waals surface area contributed by atoms with E-state index in [1.165, 1.54) is 33.6 Å². The molecule has 10 aromatic rings. The number of para-hydroxylation sites is 4. The SMILES string of the molecule is CC1(C)c2ccccc2N(c2ccccc2)c2c1ccc1c2oc2ccc3c(ccc4oc5c6c(ccc5c43)C(C)(C)c3ccccc3N6c3ccccc3)c21. The summed E-state index contributed by atoms with van der Waals surface area (Å²) in [6, 6.07) is 56.9. The Morgan fingerprint density at radius 2 is 0.732 bits per heavy atom. The van der Waals surface area contributed by atoms with Crippen LogP contribution in [0.3, 0.4) is 0 Å². The molecule has 0 aliphatic carbocycles. The van der Waals surface area contributed by atoms with Gasteiger partial charge in [-0.05, 0) is 93.7 Å². The fourth-order valence-electron chi connectivity index (χ4n) is 10.1. The van der Waals surface area contributed by atoms with Crippen molar-refractivity contribution >= 4 is 88.8 Å². The average molecular weight is 723 g/mol. The first-order valence-corrected chi connectivity index (χ1v) is 19.5. The van der Waals surface area contributed by atoms with Gasteiger partial charge in [0, 0.05) is 43.7 Å². The van der Waals surface area contributed by atoms with Gasteiger partial charge in [0.25, 0.3) is 0 Å². The number of fused-ring (bicyclic) bond motifs is 15. The molecule has 0 radical (unpaired) electrons. The standard InChI is InChI=1S/C52H38N2O2/c1-51(2)37-19-11-13-21-41(37)53(31-15-7-5-8-16-31)47-39(51)27-23-35-45-33-26-30-44-46(34(33)25-29-43(45)55-49(35)47)36-24-28-40-48(50(36)56-44)54(32-17-9-6-10-18-32)42-22-14-12-20-38(42)52(40,3)4/h5-30H,1-4H3. The molecule has 2 aliphatic rings. The number of benzene rings is 8. The van der Waals surface area contributed by atoms with Crippen LogP contribution in [0, 0.1) is 0 Å². The minimum Gasteiger partial charge on any atom is -0.454 e. The van der Waals surface area contributed by atoms with E-state index in [1.54, 1.807) is 0 Å². The second-order valence-electron chi connectivity index (χ2n) is 16.5. The van der Waals surface area contributed by atoms with Crippen molar-refractivity contribution in [2.45, 2.75) is 38.5 Å². The van der Waals surface area contributed by atoms with Crippen LogP contribution in [0.25, 0.3) is 54.6 Å². The van der Waals surface area contributed by atoms with Crippen molar-refractivity contribution in [3.05, 3.63) is 180 Å². The van der Waals surface area contributed by atoms with E-state index in [4.69, 9.17) is 8.83 Å². The van der Waals surface area contributed by atoms with Crippen LogP contribution in [0.2, 0.25) is 0 Å². The summed E-state index contributed by atoms with van der Waals surface area (Å²) in [5.74, 6) is 0. The van der Waals surface area contributed by atoms with Crippen molar-refractivity contribution in [1.29, 1.82) is 0 Å². The monoisotopic (exact) mass is 722 g/mol. The van der Waals surface area contributed by atoms with Crippen molar-refractivity contribution in [1.82, 2.24) is 0 Å². The molecular weight excluding hydrogens is 685 g/mol. The molecule has 0 saturated heterocycles. The van der Waals surface area contributed by atoms with E-state index in [-0.39, 0.29) is 10.8 Å². The van der Waals surface area contributed by atoms with Gasteiger partial charge in [0.15, 0.2) is 11.2 Å². The lowest BCUT2D eigenvalue weighted by Crippen LogP contribution is -2.30. The summed E-state index contributed by atoms with van der Waals surface area (Å²) in [6.07, 6.45) is 0. The number of rotatable bonds is 2. The van der Waals surface area contributed by atoms with Gasteiger partial charge in [-0.2, -0.15) is 0 Å². The number of anilines is 6. The van der Waals surface area contributed by atoms with Gasteiger partial charge in [0.2, 0.25) is 0 Å². The summed E-state index contributed by atoms with van der Waals surface area (Å²) in [7, 11) is 0. The molecule has 2 aliphatic heterocycles. The lowest BCUT2D eigenvalue weighted by atomic mass is 9.73.